The lowest BCUT2D eigenvalue weighted by Gasteiger charge is -2.09. The highest BCUT2D eigenvalue weighted by atomic mass is 32.1. The Morgan fingerprint density at radius 2 is 2.47 bits per heavy atom. The molecule has 1 aromatic heterocycles. The number of hydrogen-bond acceptors (Lipinski definition) is 3. The van der Waals surface area contributed by atoms with Gasteiger partial charge in [0, 0.05) is 18.5 Å². The van der Waals surface area contributed by atoms with Gasteiger partial charge in [-0.25, -0.2) is 0 Å². The first-order chi connectivity index (χ1) is 7.25. The minimum atomic E-state index is 0.138. The second-order valence-electron chi connectivity index (χ2n) is 4.12. The Kier molecular flexibility index (Phi) is 3.38. The molecule has 82 valence electrons. The van der Waals surface area contributed by atoms with Gasteiger partial charge in [0.25, 0.3) is 0 Å². The van der Waals surface area contributed by atoms with Crippen LogP contribution in [0, 0.1) is 5.92 Å². The van der Waals surface area contributed by atoms with Gasteiger partial charge in [-0.1, -0.05) is 0 Å². The van der Waals surface area contributed by atoms with Crippen molar-refractivity contribution in [2.75, 3.05) is 0 Å². The number of rotatable bonds is 3. The lowest BCUT2D eigenvalue weighted by Crippen LogP contribution is -2.29. The van der Waals surface area contributed by atoms with Crippen LogP contribution in [0.3, 0.4) is 0 Å². The van der Waals surface area contributed by atoms with Crippen molar-refractivity contribution in [2.24, 2.45) is 11.7 Å². The summed E-state index contributed by atoms with van der Waals surface area (Å²) >= 11 is 1.65. The summed E-state index contributed by atoms with van der Waals surface area (Å²) in [5, 5.41) is 7.04. The zero-order valence-corrected chi connectivity index (χ0v) is 9.43. The first-order valence-corrected chi connectivity index (χ1v) is 6.24. The Hall–Kier alpha value is -0.870. The van der Waals surface area contributed by atoms with Crippen LogP contribution >= 0.6 is 11.3 Å². The van der Waals surface area contributed by atoms with Gasteiger partial charge >= 0.3 is 0 Å². The Morgan fingerprint density at radius 3 is 3.07 bits per heavy atom. The van der Waals surface area contributed by atoms with Crippen LogP contribution in [0.15, 0.2) is 16.8 Å². The Labute approximate surface area is 93.7 Å². The van der Waals surface area contributed by atoms with E-state index in [1.807, 2.05) is 11.4 Å². The zero-order valence-electron chi connectivity index (χ0n) is 8.61. The van der Waals surface area contributed by atoms with Crippen LogP contribution in [0.2, 0.25) is 0 Å². The fourth-order valence-electron chi connectivity index (χ4n) is 1.98. The molecular formula is C11H16N2OS. The van der Waals surface area contributed by atoms with Crippen molar-refractivity contribution in [3.8, 4) is 0 Å². The Morgan fingerprint density at radius 1 is 1.60 bits per heavy atom. The summed E-state index contributed by atoms with van der Waals surface area (Å²) in [4.78, 5) is 11.7. The first-order valence-electron chi connectivity index (χ1n) is 5.30. The minimum Gasteiger partial charge on any atom is -0.352 e. The van der Waals surface area contributed by atoms with Crippen molar-refractivity contribution in [1.29, 1.82) is 0 Å². The molecule has 0 aliphatic heterocycles. The third-order valence-electron chi connectivity index (χ3n) is 2.89. The van der Waals surface area contributed by atoms with E-state index in [2.05, 4.69) is 10.7 Å². The number of nitrogens with two attached hydrogens (primary N) is 1. The molecule has 0 bridgehead atoms. The van der Waals surface area contributed by atoms with E-state index < -0.39 is 0 Å². The highest BCUT2D eigenvalue weighted by Crippen LogP contribution is 2.24. The monoisotopic (exact) mass is 224 g/mol. The van der Waals surface area contributed by atoms with Gasteiger partial charge in [-0.05, 0) is 41.7 Å². The third-order valence-corrected chi connectivity index (χ3v) is 3.62. The van der Waals surface area contributed by atoms with Crippen LogP contribution in [0.5, 0.6) is 0 Å². The number of carbonyl (C=O) groups is 1. The quantitative estimate of drug-likeness (QED) is 0.817. The lowest BCUT2D eigenvalue weighted by molar-refractivity contribution is -0.125. The standard InChI is InChI=1S/C11H16N2OS/c12-10-2-1-9(5-10)11(14)13-6-8-3-4-15-7-8/h3-4,7,9-10H,1-2,5-6,12H2,(H,13,14). The first kappa shape index (κ1) is 10.6. The molecule has 2 unspecified atom stereocenters. The Bertz CT molecular complexity index is 323. The van der Waals surface area contributed by atoms with Gasteiger partial charge in [0.05, 0.1) is 0 Å². The number of amides is 1. The lowest BCUT2D eigenvalue weighted by atomic mass is 10.1. The van der Waals surface area contributed by atoms with Crippen LogP contribution in [0.4, 0.5) is 0 Å². The predicted octanol–water partition coefficient (Wildman–Crippen LogP) is 1.49. The van der Waals surface area contributed by atoms with Gasteiger partial charge in [-0.3, -0.25) is 4.79 Å². The second kappa shape index (κ2) is 4.77. The summed E-state index contributed by atoms with van der Waals surface area (Å²) in [5.74, 6) is 0.299. The highest BCUT2D eigenvalue weighted by molar-refractivity contribution is 7.07. The molecule has 1 aliphatic rings. The van der Waals surface area contributed by atoms with Gasteiger partial charge < -0.3 is 11.1 Å². The largest absolute Gasteiger partial charge is 0.352 e. The van der Waals surface area contributed by atoms with E-state index in [4.69, 9.17) is 5.73 Å². The molecule has 3 nitrogen and oxygen atoms in total. The van der Waals surface area contributed by atoms with Gasteiger partial charge in [-0.15, -0.1) is 0 Å². The summed E-state index contributed by atoms with van der Waals surface area (Å²) in [6, 6.07) is 2.26. The van der Waals surface area contributed by atoms with Gasteiger partial charge in [0.2, 0.25) is 5.91 Å². The van der Waals surface area contributed by atoms with Crippen molar-refractivity contribution in [3.63, 3.8) is 0 Å². The molecular weight excluding hydrogens is 208 g/mol. The fraction of sp³-hybridized carbons (Fsp3) is 0.545. The molecule has 1 amide bonds. The number of thiophene rings is 1. The summed E-state index contributed by atoms with van der Waals surface area (Å²) in [6.07, 6.45) is 2.77. The minimum absolute atomic E-state index is 0.138. The van der Waals surface area contributed by atoms with E-state index in [9.17, 15) is 4.79 Å². The summed E-state index contributed by atoms with van der Waals surface area (Å²) in [5.41, 5.74) is 6.95. The molecule has 0 spiro atoms. The Balaban J connectivity index is 1.78. The topological polar surface area (TPSA) is 55.1 Å². The smallest absolute Gasteiger partial charge is 0.223 e. The van der Waals surface area contributed by atoms with Crippen LogP contribution in [-0.2, 0) is 11.3 Å². The molecule has 1 saturated carbocycles. The van der Waals surface area contributed by atoms with Crippen molar-refractivity contribution in [2.45, 2.75) is 31.8 Å². The number of hydrogen-bond donors (Lipinski definition) is 2. The summed E-state index contributed by atoms with van der Waals surface area (Å²) in [7, 11) is 0. The SMILES string of the molecule is NC1CCC(C(=O)NCc2ccsc2)C1. The van der Waals surface area contributed by atoms with Crippen molar-refractivity contribution in [3.05, 3.63) is 22.4 Å². The molecule has 0 aromatic carbocycles. The van der Waals surface area contributed by atoms with Crippen molar-refractivity contribution >= 4 is 17.2 Å². The zero-order chi connectivity index (χ0) is 10.7. The van der Waals surface area contributed by atoms with Crippen LogP contribution in [0.25, 0.3) is 0 Å². The van der Waals surface area contributed by atoms with E-state index in [1.54, 1.807) is 11.3 Å². The maximum Gasteiger partial charge on any atom is 0.223 e. The number of nitrogens with one attached hydrogen (secondary N) is 1. The second-order valence-corrected chi connectivity index (χ2v) is 4.90. The van der Waals surface area contributed by atoms with Gasteiger partial charge in [0.15, 0.2) is 0 Å². The van der Waals surface area contributed by atoms with E-state index in [1.165, 1.54) is 5.56 Å². The van der Waals surface area contributed by atoms with E-state index in [0.29, 0.717) is 6.54 Å². The van der Waals surface area contributed by atoms with Crippen LogP contribution in [0.1, 0.15) is 24.8 Å². The molecule has 2 atom stereocenters. The molecule has 0 saturated heterocycles. The average molecular weight is 224 g/mol. The van der Waals surface area contributed by atoms with Crippen LogP contribution < -0.4 is 11.1 Å². The van der Waals surface area contributed by atoms with Crippen molar-refractivity contribution < 1.29 is 4.79 Å². The molecule has 0 radical (unpaired) electrons. The maximum atomic E-state index is 11.7. The van der Waals surface area contributed by atoms with Gasteiger partial charge in [-0.2, -0.15) is 11.3 Å². The molecule has 1 fully saturated rings. The molecule has 15 heavy (non-hydrogen) atoms. The maximum absolute atomic E-state index is 11.7. The van der Waals surface area contributed by atoms with Crippen molar-refractivity contribution in [1.82, 2.24) is 5.32 Å². The van der Waals surface area contributed by atoms with E-state index in [0.717, 1.165) is 19.3 Å². The number of carbonyl (C=O) groups excluding carboxylic acids is 1. The molecule has 4 heteroatoms. The normalized spacial score (nSPS) is 25.4. The van der Waals surface area contributed by atoms with Gasteiger partial charge in [0.1, 0.15) is 0 Å². The summed E-state index contributed by atoms with van der Waals surface area (Å²) < 4.78 is 0. The predicted molar refractivity (Wildman–Crippen MR) is 61.5 cm³/mol. The van der Waals surface area contributed by atoms with E-state index in [-0.39, 0.29) is 17.9 Å². The highest BCUT2D eigenvalue weighted by Gasteiger charge is 2.27. The average Bonchev–Trinajstić information content (AvgIpc) is 2.84. The fourth-order valence-corrected chi connectivity index (χ4v) is 2.65. The third kappa shape index (κ3) is 2.79. The molecule has 3 N–H and O–H groups in total. The molecule has 1 aromatic rings. The summed E-state index contributed by atoms with van der Waals surface area (Å²) in [6.45, 7) is 0.647. The van der Waals surface area contributed by atoms with Crippen LogP contribution in [-0.4, -0.2) is 11.9 Å². The van der Waals surface area contributed by atoms with E-state index >= 15 is 0 Å². The molecule has 1 heterocycles. The molecule has 1 aliphatic carbocycles. The molecule has 2 rings (SSSR count).